The number of esters is 1. The van der Waals surface area contributed by atoms with E-state index in [2.05, 4.69) is 25.1 Å². The van der Waals surface area contributed by atoms with Crippen molar-refractivity contribution in [2.75, 3.05) is 6.61 Å². The summed E-state index contributed by atoms with van der Waals surface area (Å²) in [6, 6.07) is 16.1. The lowest BCUT2D eigenvalue weighted by molar-refractivity contribution is 0.0526. The maximum absolute atomic E-state index is 12.0. The van der Waals surface area contributed by atoms with Gasteiger partial charge in [0, 0.05) is 0 Å². The zero-order valence-electron chi connectivity index (χ0n) is 14.1. The van der Waals surface area contributed by atoms with Gasteiger partial charge in [0.05, 0.1) is 12.2 Å². The smallest absolute Gasteiger partial charge is 0.338 e. The molecule has 0 unspecified atom stereocenters. The lowest BCUT2D eigenvalue weighted by atomic mass is 9.98. The first kappa shape index (κ1) is 18.0. The van der Waals surface area contributed by atoms with Crippen LogP contribution < -0.4 is 0 Å². The van der Waals surface area contributed by atoms with Crippen molar-refractivity contribution in [3.8, 4) is 11.1 Å². The molecule has 0 radical (unpaired) electrons. The number of carbonyl (C=O) groups excluding carboxylic acids is 1. The van der Waals surface area contributed by atoms with Crippen LogP contribution in [0.15, 0.2) is 48.5 Å². The Labute approximate surface area is 134 Å². The molecule has 0 saturated heterocycles. The van der Waals surface area contributed by atoms with Crippen molar-refractivity contribution in [1.82, 2.24) is 0 Å². The molecule has 0 saturated carbocycles. The van der Waals surface area contributed by atoms with Crippen LogP contribution in [0.25, 0.3) is 11.1 Å². The fourth-order valence-electron chi connectivity index (χ4n) is 2.25. The molecule has 0 aromatic heterocycles. The highest BCUT2D eigenvalue weighted by Gasteiger charge is 2.10. The second kappa shape index (κ2) is 9.78. The zero-order chi connectivity index (χ0) is 16.4. The third-order valence-corrected chi connectivity index (χ3v) is 3.15. The van der Waals surface area contributed by atoms with Gasteiger partial charge in [-0.25, -0.2) is 4.79 Å². The van der Waals surface area contributed by atoms with Crippen LogP contribution in [-0.4, -0.2) is 12.6 Å². The van der Waals surface area contributed by atoms with Crippen LogP contribution in [0.4, 0.5) is 0 Å². The maximum Gasteiger partial charge on any atom is 0.338 e. The molecule has 2 aromatic rings. The zero-order valence-corrected chi connectivity index (χ0v) is 14.1. The van der Waals surface area contributed by atoms with Gasteiger partial charge >= 0.3 is 5.97 Å². The van der Waals surface area contributed by atoms with Crippen molar-refractivity contribution in [2.24, 2.45) is 0 Å². The lowest BCUT2D eigenvalue weighted by Gasteiger charge is -2.09. The molecular weight excluding hydrogens is 272 g/mol. The van der Waals surface area contributed by atoms with Gasteiger partial charge in [0.2, 0.25) is 0 Å². The van der Waals surface area contributed by atoms with Gasteiger partial charge < -0.3 is 4.74 Å². The molecule has 118 valence electrons. The molecule has 0 bridgehead atoms. The van der Waals surface area contributed by atoms with Crippen molar-refractivity contribution in [1.29, 1.82) is 0 Å². The standard InChI is InChI=1S/C18H20O2.C2H6/c1-3-8-14-11-16(15-9-6-5-7-10-15)13-17(12-14)18(19)20-4-2;1-2/h5-7,9-13H,3-4,8H2,1-2H3;1-2H3. The molecule has 2 nitrogen and oxygen atoms in total. The molecule has 0 aliphatic heterocycles. The number of ether oxygens (including phenoxy) is 1. The van der Waals surface area contributed by atoms with Gasteiger partial charge in [-0.15, -0.1) is 0 Å². The van der Waals surface area contributed by atoms with E-state index >= 15 is 0 Å². The Kier molecular flexibility index (Phi) is 7.98. The number of benzene rings is 2. The third-order valence-electron chi connectivity index (χ3n) is 3.15. The molecule has 0 spiro atoms. The van der Waals surface area contributed by atoms with Gasteiger partial charge in [-0.3, -0.25) is 0 Å². The maximum atomic E-state index is 12.0. The van der Waals surface area contributed by atoms with E-state index in [1.807, 2.05) is 51.1 Å². The van der Waals surface area contributed by atoms with Crippen LogP contribution in [0.3, 0.4) is 0 Å². The summed E-state index contributed by atoms with van der Waals surface area (Å²) in [7, 11) is 0. The minimum atomic E-state index is -0.248. The fraction of sp³-hybridized carbons (Fsp3) is 0.350. The summed E-state index contributed by atoms with van der Waals surface area (Å²) in [5, 5.41) is 0. The third kappa shape index (κ3) is 5.03. The van der Waals surface area contributed by atoms with E-state index in [0.29, 0.717) is 12.2 Å². The summed E-state index contributed by atoms with van der Waals surface area (Å²) >= 11 is 0. The van der Waals surface area contributed by atoms with Crippen LogP contribution in [0.5, 0.6) is 0 Å². The van der Waals surface area contributed by atoms with Crippen LogP contribution in [0.2, 0.25) is 0 Å². The molecule has 0 heterocycles. The molecule has 0 aliphatic carbocycles. The molecule has 2 rings (SSSR count). The van der Waals surface area contributed by atoms with E-state index < -0.39 is 0 Å². The number of carbonyl (C=O) groups is 1. The first-order chi connectivity index (χ1) is 10.7. The molecule has 0 amide bonds. The highest BCUT2D eigenvalue weighted by atomic mass is 16.5. The molecule has 2 aromatic carbocycles. The van der Waals surface area contributed by atoms with Crippen molar-refractivity contribution < 1.29 is 9.53 Å². The number of hydrogen-bond donors (Lipinski definition) is 0. The molecule has 22 heavy (non-hydrogen) atoms. The summed E-state index contributed by atoms with van der Waals surface area (Å²) < 4.78 is 5.11. The molecule has 0 fully saturated rings. The Balaban J connectivity index is 0.00000116. The molecular formula is C20H26O2. The van der Waals surface area contributed by atoms with Gasteiger partial charge in [0.1, 0.15) is 0 Å². The van der Waals surface area contributed by atoms with Gasteiger partial charge in [0.25, 0.3) is 0 Å². The second-order valence-corrected chi connectivity index (χ2v) is 4.76. The van der Waals surface area contributed by atoms with Crippen LogP contribution in [0, 0.1) is 0 Å². The normalized spacial score (nSPS) is 9.64. The van der Waals surface area contributed by atoms with E-state index in [1.54, 1.807) is 0 Å². The van der Waals surface area contributed by atoms with E-state index in [4.69, 9.17) is 4.74 Å². The molecule has 0 aliphatic rings. The monoisotopic (exact) mass is 298 g/mol. The SMILES string of the molecule is CC.CCCc1cc(C(=O)OCC)cc(-c2ccccc2)c1. The Morgan fingerprint density at radius 1 is 0.955 bits per heavy atom. The average molecular weight is 298 g/mol. The predicted molar refractivity (Wildman–Crippen MR) is 93.2 cm³/mol. The average Bonchev–Trinajstić information content (AvgIpc) is 2.58. The van der Waals surface area contributed by atoms with Crippen LogP contribution in [0.1, 0.15) is 50.0 Å². The summed E-state index contributed by atoms with van der Waals surface area (Å²) in [6.45, 7) is 8.36. The van der Waals surface area contributed by atoms with E-state index in [-0.39, 0.29) is 5.97 Å². The first-order valence-corrected chi connectivity index (χ1v) is 8.11. The minimum absolute atomic E-state index is 0.248. The van der Waals surface area contributed by atoms with Crippen molar-refractivity contribution in [2.45, 2.75) is 40.5 Å². The van der Waals surface area contributed by atoms with E-state index in [1.165, 1.54) is 5.56 Å². The fourth-order valence-corrected chi connectivity index (χ4v) is 2.25. The van der Waals surface area contributed by atoms with Gasteiger partial charge in [-0.2, -0.15) is 0 Å². The van der Waals surface area contributed by atoms with Gasteiger partial charge in [-0.05, 0) is 42.2 Å². The van der Waals surface area contributed by atoms with Crippen LogP contribution in [-0.2, 0) is 11.2 Å². The molecule has 2 heteroatoms. The first-order valence-electron chi connectivity index (χ1n) is 8.11. The van der Waals surface area contributed by atoms with Gasteiger partial charge in [-0.1, -0.05) is 63.6 Å². The van der Waals surface area contributed by atoms with Crippen molar-refractivity contribution in [3.63, 3.8) is 0 Å². The molecule has 0 N–H and O–H groups in total. The van der Waals surface area contributed by atoms with Crippen molar-refractivity contribution in [3.05, 3.63) is 59.7 Å². The summed E-state index contributed by atoms with van der Waals surface area (Å²) in [5.74, 6) is -0.248. The Bertz CT molecular complexity index is 574. The Morgan fingerprint density at radius 3 is 2.23 bits per heavy atom. The topological polar surface area (TPSA) is 26.3 Å². The summed E-state index contributed by atoms with van der Waals surface area (Å²) in [6.07, 6.45) is 2.02. The Hall–Kier alpha value is -2.09. The number of hydrogen-bond acceptors (Lipinski definition) is 2. The molecule has 0 atom stereocenters. The largest absolute Gasteiger partial charge is 0.462 e. The number of aryl methyl sites for hydroxylation is 1. The van der Waals surface area contributed by atoms with Crippen molar-refractivity contribution >= 4 is 5.97 Å². The quantitative estimate of drug-likeness (QED) is 0.680. The number of rotatable bonds is 5. The van der Waals surface area contributed by atoms with Gasteiger partial charge in [0.15, 0.2) is 0 Å². The predicted octanol–water partition coefficient (Wildman–Crippen LogP) is 5.51. The highest BCUT2D eigenvalue weighted by molar-refractivity contribution is 5.91. The summed E-state index contributed by atoms with van der Waals surface area (Å²) in [4.78, 5) is 12.0. The second-order valence-electron chi connectivity index (χ2n) is 4.76. The van der Waals surface area contributed by atoms with E-state index in [9.17, 15) is 4.79 Å². The van der Waals surface area contributed by atoms with Crippen LogP contribution >= 0.6 is 0 Å². The van der Waals surface area contributed by atoms with E-state index in [0.717, 1.165) is 24.0 Å². The highest BCUT2D eigenvalue weighted by Crippen LogP contribution is 2.23. The Morgan fingerprint density at radius 2 is 1.64 bits per heavy atom. The minimum Gasteiger partial charge on any atom is -0.462 e. The summed E-state index contributed by atoms with van der Waals surface area (Å²) in [5.41, 5.74) is 4.00. The lowest BCUT2D eigenvalue weighted by Crippen LogP contribution is -2.05.